The summed E-state index contributed by atoms with van der Waals surface area (Å²) in [5.74, 6) is 0.506. The van der Waals surface area contributed by atoms with E-state index in [-0.39, 0.29) is 24.3 Å². The molecule has 1 unspecified atom stereocenters. The Bertz CT molecular complexity index is 1100. The second-order valence-electron chi connectivity index (χ2n) is 8.22. The number of halogens is 1. The minimum absolute atomic E-state index is 0.0154. The summed E-state index contributed by atoms with van der Waals surface area (Å²) in [7, 11) is 1.63. The molecule has 3 aromatic rings. The van der Waals surface area contributed by atoms with E-state index in [0.717, 1.165) is 29.7 Å². The number of ether oxygens (including phenoxy) is 1. The first kappa shape index (κ1) is 22.9. The number of benzene rings is 3. The maximum Gasteiger partial charge on any atom is 0.253 e. The zero-order valence-electron chi connectivity index (χ0n) is 18.5. The van der Waals surface area contributed by atoms with Crippen LogP contribution in [0.25, 0.3) is 0 Å². The topological polar surface area (TPSA) is 58.6 Å². The summed E-state index contributed by atoms with van der Waals surface area (Å²) < 4.78 is 5.23. The molecule has 33 heavy (non-hydrogen) atoms. The van der Waals surface area contributed by atoms with Crippen LogP contribution in [0.5, 0.6) is 5.75 Å². The molecule has 1 saturated carbocycles. The van der Waals surface area contributed by atoms with Crippen LogP contribution in [-0.2, 0) is 11.3 Å². The molecule has 2 amide bonds. The number of nitrogens with one attached hydrogen (secondary N) is 1. The number of nitrogens with zero attached hydrogens (tertiary/aromatic N) is 1. The number of hydrogen-bond donors (Lipinski definition) is 1. The van der Waals surface area contributed by atoms with Crippen molar-refractivity contribution in [3.63, 3.8) is 0 Å². The summed E-state index contributed by atoms with van der Waals surface area (Å²) >= 11 is 6.22. The molecule has 5 nitrogen and oxygen atoms in total. The third-order valence-electron chi connectivity index (χ3n) is 5.82. The first-order valence-electron chi connectivity index (χ1n) is 11.1. The standard InChI is InChI=1S/C27H27ClN2O3/c1-33-22-15-11-19(12-16-22)18-30(21-13-14-21)26(31)17-25(20-7-3-2-4-8-20)29-27(32)23-9-5-6-10-24(23)28/h2-12,15-16,21,25H,13-14,17-18H2,1H3,(H,29,32). The Kier molecular flexibility index (Phi) is 7.30. The molecule has 1 fully saturated rings. The zero-order valence-corrected chi connectivity index (χ0v) is 19.3. The molecule has 1 aliphatic rings. The smallest absolute Gasteiger partial charge is 0.253 e. The SMILES string of the molecule is COc1ccc(CN(C(=O)CC(NC(=O)c2ccccc2Cl)c2ccccc2)C2CC2)cc1. The molecule has 0 heterocycles. The third-order valence-corrected chi connectivity index (χ3v) is 6.15. The van der Waals surface area contributed by atoms with Crippen LogP contribution in [0.15, 0.2) is 78.9 Å². The minimum atomic E-state index is -0.459. The highest BCUT2D eigenvalue weighted by Crippen LogP contribution is 2.31. The lowest BCUT2D eigenvalue weighted by atomic mass is 10.0. The molecule has 0 bridgehead atoms. The average Bonchev–Trinajstić information content (AvgIpc) is 3.68. The monoisotopic (exact) mass is 462 g/mol. The van der Waals surface area contributed by atoms with Crippen LogP contribution in [0.2, 0.25) is 5.02 Å². The predicted octanol–water partition coefficient (Wildman–Crippen LogP) is 5.40. The van der Waals surface area contributed by atoms with Crippen molar-refractivity contribution in [1.82, 2.24) is 10.2 Å². The van der Waals surface area contributed by atoms with Crippen molar-refractivity contribution in [1.29, 1.82) is 0 Å². The van der Waals surface area contributed by atoms with E-state index in [1.165, 1.54) is 0 Å². The molecule has 0 saturated heterocycles. The van der Waals surface area contributed by atoms with Gasteiger partial charge in [-0.25, -0.2) is 0 Å². The van der Waals surface area contributed by atoms with Gasteiger partial charge in [-0.05, 0) is 48.2 Å². The number of carbonyl (C=O) groups is 2. The molecule has 170 valence electrons. The lowest BCUT2D eigenvalue weighted by Gasteiger charge is -2.26. The van der Waals surface area contributed by atoms with Gasteiger partial charge in [-0.3, -0.25) is 9.59 Å². The van der Waals surface area contributed by atoms with E-state index in [4.69, 9.17) is 16.3 Å². The largest absolute Gasteiger partial charge is 0.497 e. The summed E-state index contributed by atoms with van der Waals surface area (Å²) in [6, 6.07) is 24.1. The first-order valence-corrected chi connectivity index (χ1v) is 11.5. The summed E-state index contributed by atoms with van der Waals surface area (Å²) in [4.78, 5) is 28.3. The van der Waals surface area contributed by atoms with E-state index in [2.05, 4.69) is 5.32 Å². The van der Waals surface area contributed by atoms with Gasteiger partial charge in [0.1, 0.15) is 5.75 Å². The number of rotatable bonds is 9. The molecule has 0 aromatic heterocycles. The molecule has 6 heteroatoms. The van der Waals surface area contributed by atoms with Crippen LogP contribution >= 0.6 is 11.6 Å². The lowest BCUT2D eigenvalue weighted by Crippen LogP contribution is -2.37. The quantitative estimate of drug-likeness (QED) is 0.463. The number of hydrogen-bond acceptors (Lipinski definition) is 3. The average molecular weight is 463 g/mol. The van der Waals surface area contributed by atoms with E-state index in [1.807, 2.05) is 59.5 Å². The number of methoxy groups -OCH3 is 1. The Balaban J connectivity index is 1.52. The van der Waals surface area contributed by atoms with Crippen molar-refractivity contribution < 1.29 is 14.3 Å². The molecular formula is C27H27ClN2O3. The summed E-state index contributed by atoms with van der Waals surface area (Å²) in [6.45, 7) is 0.535. The summed E-state index contributed by atoms with van der Waals surface area (Å²) in [5.41, 5.74) is 2.32. The van der Waals surface area contributed by atoms with Gasteiger partial charge in [-0.2, -0.15) is 0 Å². The Morgan fingerprint density at radius 3 is 2.30 bits per heavy atom. The highest BCUT2D eigenvalue weighted by molar-refractivity contribution is 6.33. The highest BCUT2D eigenvalue weighted by Gasteiger charge is 2.34. The van der Waals surface area contributed by atoms with Gasteiger partial charge in [0.05, 0.1) is 30.2 Å². The van der Waals surface area contributed by atoms with Crippen molar-refractivity contribution in [3.05, 3.63) is 101 Å². The van der Waals surface area contributed by atoms with E-state index >= 15 is 0 Å². The van der Waals surface area contributed by atoms with Crippen LogP contribution in [0.3, 0.4) is 0 Å². The molecule has 3 aromatic carbocycles. The summed E-state index contributed by atoms with van der Waals surface area (Å²) in [5, 5.41) is 3.41. The Hall–Kier alpha value is -3.31. The molecule has 1 atom stereocenters. The highest BCUT2D eigenvalue weighted by atomic mass is 35.5. The van der Waals surface area contributed by atoms with Gasteiger partial charge in [0.2, 0.25) is 5.91 Å². The molecule has 1 N–H and O–H groups in total. The van der Waals surface area contributed by atoms with Crippen molar-refractivity contribution >= 4 is 23.4 Å². The molecule has 0 spiro atoms. The molecular weight excluding hydrogens is 436 g/mol. The van der Waals surface area contributed by atoms with Gasteiger partial charge >= 0.3 is 0 Å². The maximum absolute atomic E-state index is 13.4. The van der Waals surface area contributed by atoms with Gasteiger partial charge in [-0.15, -0.1) is 0 Å². The minimum Gasteiger partial charge on any atom is -0.497 e. The van der Waals surface area contributed by atoms with E-state index in [9.17, 15) is 9.59 Å². The zero-order chi connectivity index (χ0) is 23.2. The fraction of sp³-hybridized carbons (Fsp3) is 0.259. The third kappa shape index (κ3) is 5.93. The Labute approximate surface area is 199 Å². The maximum atomic E-state index is 13.4. The lowest BCUT2D eigenvalue weighted by molar-refractivity contribution is -0.133. The molecule has 0 aliphatic heterocycles. The first-order chi connectivity index (χ1) is 16.0. The van der Waals surface area contributed by atoms with E-state index < -0.39 is 6.04 Å². The van der Waals surface area contributed by atoms with Crippen molar-refractivity contribution in [2.75, 3.05) is 7.11 Å². The van der Waals surface area contributed by atoms with E-state index in [1.54, 1.807) is 31.4 Å². The van der Waals surface area contributed by atoms with Gasteiger partial charge in [-0.1, -0.05) is 66.2 Å². The molecule has 0 radical (unpaired) electrons. The van der Waals surface area contributed by atoms with Crippen LogP contribution < -0.4 is 10.1 Å². The van der Waals surface area contributed by atoms with Gasteiger partial charge < -0.3 is 15.0 Å². The second kappa shape index (κ2) is 10.5. The summed E-state index contributed by atoms with van der Waals surface area (Å²) in [6.07, 6.45) is 2.18. The van der Waals surface area contributed by atoms with Gasteiger partial charge in [0, 0.05) is 12.6 Å². The molecule has 1 aliphatic carbocycles. The van der Waals surface area contributed by atoms with Crippen LogP contribution in [0.4, 0.5) is 0 Å². The predicted molar refractivity (Wildman–Crippen MR) is 129 cm³/mol. The van der Waals surface area contributed by atoms with Crippen LogP contribution in [0, 0.1) is 0 Å². The number of carbonyl (C=O) groups excluding carboxylic acids is 2. The molecule has 4 rings (SSSR count). The van der Waals surface area contributed by atoms with Crippen molar-refractivity contribution in [3.8, 4) is 5.75 Å². The Morgan fingerprint density at radius 2 is 1.67 bits per heavy atom. The fourth-order valence-corrected chi connectivity index (χ4v) is 4.07. The second-order valence-corrected chi connectivity index (χ2v) is 8.63. The van der Waals surface area contributed by atoms with Crippen molar-refractivity contribution in [2.24, 2.45) is 0 Å². The Morgan fingerprint density at radius 1 is 1.00 bits per heavy atom. The fourth-order valence-electron chi connectivity index (χ4n) is 3.85. The van der Waals surface area contributed by atoms with E-state index in [0.29, 0.717) is 17.1 Å². The number of amides is 2. The van der Waals surface area contributed by atoms with Crippen molar-refractivity contribution in [2.45, 2.75) is 37.9 Å². The van der Waals surface area contributed by atoms with Crippen LogP contribution in [0.1, 0.15) is 46.8 Å². The van der Waals surface area contributed by atoms with Gasteiger partial charge in [0.15, 0.2) is 0 Å². The van der Waals surface area contributed by atoms with Gasteiger partial charge in [0.25, 0.3) is 5.91 Å². The normalized spacial score (nSPS) is 13.8. The van der Waals surface area contributed by atoms with Crippen LogP contribution in [-0.4, -0.2) is 29.9 Å².